The molecule has 0 unspecified atom stereocenters. The summed E-state index contributed by atoms with van der Waals surface area (Å²) in [6, 6.07) is 6.12. The molecule has 3 heteroatoms. The predicted molar refractivity (Wildman–Crippen MR) is 72.0 cm³/mol. The quantitative estimate of drug-likeness (QED) is 0.818. The molecule has 0 atom stereocenters. The van der Waals surface area contributed by atoms with Crippen molar-refractivity contribution in [2.75, 3.05) is 6.61 Å². The fourth-order valence-electron chi connectivity index (χ4n) is 1.29. The second kappa shape index (κ2) is 4.83. The third kappa shape index (κ3) is 3.20. The van der Waals surface area contributed by atoms with Gasteiger partial charge in [-0.2, -0.15) is 0 Å². The van der Waals surface area contributed by atoms with Crippen molar-refractivity contribution < 1.29 is 4.74 Å². The van der Waals surface area contributed by atoms with Gasteiger partial charge in [0.25, 0.3) is 0 Å². The van der Waals surface area contributed by atoms with Crippen LogP contribution >= 0.6 is 12.2 Å². The minimum absolute atomic E-state index is 0.271. The van der Waals surface area contributed by atoms with Gasteiger partial charge in [0, 0.05) is 5.41 Å². The summed E-state index contributed by atoms with van der Waals surface area (Å²) >= 11 is 5.00. The van der Waals surface area contributed by atoms with Gasteiger partial charge >= 0.3 is 0 Å². The maximum atomic E-state index is 5.75. The second-order valence-corrected chi connectivity index (χ2v) is 5.25. The molecule has 0 aliphatic heterocycles. The fraction of sp³-hybridized carbons (Fsp3) is 0.462. The van der Waals surface area contributed by atoms with Crippen LogP contribution in [0.4, 0.5) is 0 Å². The van der Waals surface area contributed by atoms with Crippen LogP contribution in [0.15, 0.2) is 18.2 Å². The topological polar surface area (TPSA) is 35.2 Å². The molecule has 0 heterocycles. The van der Waals surface area contributed by atoms with Crippen molar-refractivity contribution in [1.82, 2.24) is 0 Å². The number of aryl methyl sites for hydroxylation is 2. The van der Waals surface area contributed by atoms with E-state index >= 15 is 0 Å². The lowest BCUT2D eigenvalue weighted by Crippen LogP contribution is -2.35. The molecule has 0 saturated heterocycles. The van der Waals surface area contributed by atoms with Crippen LogP contribution in [0.5, 0.6) is 5.75 Å². The smallest absolute Gasteiger partial charge is 0.122 e. The van der Waals surface area contributed by atoms with Crippen molar-refractivity contribution >= 4 is 17.2 Å². The van der Waals surface area contributed by atoms with Gasteiger partial charge in [-0.3, -0.25) is 0 Å². The van der Waals surface area contributed by atoms with Gasteiger partial charge < -0.3 is 10.5 Å². The molecule has 0 amide bonds. The van der Waals surface area contributed by atoms with Gasteiger partial charge in [-0.15, -0.1) is 0 Å². The molecule has 88 valence electrons. The summed E-state index contributed by atoms with van der Waals surface area (Å²) in [4.78, 5) is 0.484. The number of hydrogen-bond donors (Lipinski definition) is 1. The summed E-state index contributed by atoms with van der Waals surface area (Å²) in [6.07, 6.45) is 0. The monoisotopic (exact) mass is 237 g/mol. The van der Waals surface area contributed by atoms with Gasteiger partial charge in [0.2, 0.25) is 0 Å². The number of benzene rings is 1. The number of rotatable bonds is 4. The molecule has 0 saturated carbocycles. The molecule has 0 bridgehead atoms. The van der Waals surface area contributed by atoms with Gasteiger partial charge in [-0.25, -0.2) is 0 Å². The van der Waals surface area contributed by atoms with Crippen molar-refractivity contribution in [1.29, 1.82) is 0 Å². The zero-order valence-electron chi connectivity index (χ0n) is 10.3. The van der Waals surface area contributed by atoms with E-state index in [0.717, 1.165) is 11.3 Å². The van der Waals surface area contributed by atoms with Crippen molar-refractivity contribution in [3.8, 4) is 5.75 Å². The van der Waals surface area contributed by atoms with Gasteiger partial charge in [0.15, 0.2) is 0 Å². The first kappa shape index (κ1) is 13.0. The van der Waals surface area contributed by atoms with E-state index in [-0.39, 0.29) is 5.41 Å². The summed E-state index contributed by atoms with van der Waals surface area (Å²) < 4.78 is 5.75. The second-order valence-electron chi connectivity index (χ2n) is 4.81. The highest BCUT2D eigenvalue weighted by Gasteiger charge is 2.22. The van der Waals surface area contributed by atoms with Crippen LogP contribution in [0.25, 0.3) is 0 Å². The first-order valence-corrected chi connectivity index (χ1v) is 5.74. The van der Waals surface area contributed by atoms with Crippen LogP contribution in [-0.4, -0.2) is 11.6 Å². The normalized spacial score (nSPS) is 11.2. The highest BCUT2D eigenvalue weighted by Crippen LogP contribution is 2.22. The molecule has 1 rings (SSSR count). The van der Waals surface area contributed by atoms with Crippen LogP contribution < -0.4 is 10.5 Å². The Labute approximate surface area is 103 Å². The standard InChI is InChI=1S/C13H19NOS/c1-9-5-6-11(10(2)7-9)15-8-13(3,4)12(14)16/h5-7H,8H2,1-4H3,(H2,14,16). The van der Waals surface area contributed by atoms with E-state index in [1.54, 1.807) is 0 Å². The third-order valence-electron chi connectivity index (χ3n) is 2.59. The predicted octanol–water partition coefficient (Wildman–Crippen LogP) is 2.99. The van der Waals surface area contributed by atoms with Crippen LogP contribution in [0.2, 0.25) is 0 Å². The SMILES string of the molecule is Cc1ccc(OCC(C)(C)C(N)=S)c(C)c1. The highest BCUT2D eigenvalue weighted by atomic mass is 32.1. The molecule has 0 spiro atoms. The number of nitrogens with two attached hydrogens (primary N) is 1. The zero-order valence-corrected chi connectivity index (χ0v) is 11.1. The average molecular weight is 237 g/mol. The largest absolute Gasteiger partial charge is 0.492 e. The van der Waals surface area contributed by atoms with Gasteiger partial charge in [-0.05, 0) is 25.5 Å². The Morgan fingerprint density at radius 2 is 2.00 bits per heavy atom. The Balaban J connectivity index is 2.72. The van der Waals surface area contributed by atoms with Crippen LogP contribution in [0, 0.1) is 19.3 Å². The maximum Gasteiger partial charge on any atom is 0.122 e. The van der Waals surface area contributed by atoms with E-state index < -0.39 is 0 Å². The lowest BCUT2D eigenvalue weighted by Gasteiger charge is -2.23. The molecule has 2 nitrogen and oxygen atoms in total. The molecule has 0 aromatic heterocycles. The van der Waals surface area contributed by atoms with E-state index in [1.165, 1.54) is 5.56 Å². The lowest BCUT2D eigenvalue weighted by molar-refractivity contribution is 0.235. The highest BCUT2D eigenvalue weighted by molar-refractivity contribution is 7.80. The van der Waals surface area contributed by atoms with E-state index in [4.69, 9.17) is 22.7 Å². The zero-order chi connectivity index (χ0) is 12.3. The molecular weight excluding hydrogens is 218 g/mol. The molecular formula is C13H19NOS. The fourth-order valence-corrected chi connectivity index (χ4v) is 1.35. The summed E-state index contributed by atoms with van der Waals surface area (Å²) in [5, 5.41) is 0. The molecule has 0 fully saturated rings. The molecule has 1 aromatic rings. The first-order valence-electron chi connectivity index (χ1n) is 5.33. The number of hydrogen-bond acceptors (Lipinski definition) is 2. The van der Waals surface area contributed by atoms with Gasteiger partial charge in [-0.1, -0.05) is 43.8 Å². The summed E-state index contributed by atoms with van der Waals surface area (Å²) in [5.41, 5.74) is 7.75. The number of thiocarbonyl (C=S) groups is 1. The van der Waals surface area contributed by atoms with Crippen LogP contribution in [0.3, 0.4) is 0 Å². The minimum atomic E-state index is -0.271. The Morgan fingerprint density at radius 1 is 1.38 bits per heavy atom. The average Bonchev–Trinajstić information content (AvgIpc) is 2.16. The van der Waals surface area contributed by atoms with E-state index in [0.29, 0.717) is 11.6 Å². The molecule has 0 aliphatic carbocycles. The van der Waals surface area contributed by atoms with Crippen LogP contribution in [-0.2, 0) is 0 Å². The molecule has 0 aliphatic rings. The van der Waals surface area contributed by atoms with Gasteiger partial charge in [0.05, 0.1) is 11.6 Å². The maximum absolute atomic E-state index is 5.75. The number of ether oxygens (including phenoxy) is 1. The molecule has 1 aromatic carbocycles. The minimum Gasteiger partial charge on any atom is -0.492 e. The summed E-state index contributed by atoms with van der Waals surface area (Å²) in [7, 11) is 0. The third-order valence-corrected chi connectivity index (χ3v) is 3.14. The van der Waals surface area contributed by atoms with Crippen molar-refractivity contribution in [2.45, 2.75) is 27.7 Å². The van der Waals surface area contributed by atoms with Crippen molar-refractivity contribution in [3.05, 3.63) is 29.3 Å². The van der Waals surface area contributed by atoms with E-state index in [1.807, 2.05) is 32.9 Å². The van der Waals surface area contributed by atoms with Crippen molar-refractivity contribution in [2.24, 2.45) is 11.1 Å². The van der Waals surface area contributed by atoms with Crippen molar-refractivity contribution in [3.63, 3.8) is 0 Å². The lowest BCUT2D eigenvalue weighted by atomic mass is 9.95. The molecule has 2 N–H and O–H groups in total. The molecule has 16 heavy (non-hydrogen) atoms. The summed E-state index contributed by atoms with van der Waals surface area (Å²) in [5.74, 6) is 0.898. The van der Waals surface area contributed by atoms with E-state index in [9.17, 15) is 0 Å². The van der Waals surface area contributed by atoms with Crippen LogP contribution in [0.1, 0.15) is 25.0 Å². The van der Waals surface area contributed by atoms with E-state index in [2.05, 4.69) is 13.0 Å². The summed E-state index contributed by atoms with van der Waals surface area (Å²) in [6.45, 7) is 8.58. The Hall–Kier alpha value is -1.09. The molecule has 0 radical (unpaired) electrons. The Bertz CT molecular complexity index is 399. The Kier molecular flexibility index (Phi) is 3.92. The first-order chi connectivity index (χ1) is 7.33. The Morgan fingerprint density at radius 3 is 2.50 bits per heavy atom. The van der Waals surface area contributed by atoms with Gasteiger partial charge in [0.1, 0.15) is 5.75 Å².